The summed E-state index contributed by atoms with van der Waals surface area (Å²) in [5.74, 6) is -3.26. The predicted molar refractivity (Wildman–Crippen MR) is 67.0 cm³/mol. The summed E-state index contributed by atoms with van der Waals surface area (Å²) >= 11 is 0. The molecule has 8 heteroatoms. The number of Topliss-reactive ketones (excluding diaryl/α,β-unsaturated/α-hetero) is 1. The van der Waals surface area contributed by atoms with Crippen LogP contribution in [0.4, 0.5) is 5.69 Å². The van der Waals surface area contributed by atoms with E-state index in [9.17, 15) is 9.59 Å². The van der Waals surface area contributed by atoms with E-state index in [2.05, 4.69) is 10.5 Å². The third kappa shape index (κ3) is 3.37. The lowest BCUT2D eigenvalue weighted by Crippen LogP contribution is -2.22. The number of carbonyl (C=O) groups is 2. The number of carboxylic acids is 1. The molecular weight excluding hydrogens is 250 g/mol. The molecule has 0 spiro atoms. The van der Waals surface area contributed by atoms with Crippen molar-refractivity contribution in [1.82, 2.24) is 0 Å². The summed E-state index contributed by atoms with van der Waals surface area (Å²) in [6, 6.07) is 7.33. The first-order valence-electron chi connectivity index (χ1n) is 4.92. The molecule has 0 saturated heterocycles. The number of para-hydroxylation sites is 1. The van der Waals surface area contributed by atoms with Crippen LogP contribution < -0.4 is 11.2 Å². The average molecular weight is 259 g/mol. The SMILES string of the molecule is N#C/C(=N\Nc1ccccc1C(=O)C(=O)O)C(=N)N. The van der Waals surface area contributed by atoms with Gasteiger partial charge in [0.05, 0.1) is 11.3 Å². The largest absolute Gasteiger partial charge is 0.475 e. The van der Waals surface area contributed by atoms with E-state index < -0.39 is 17.6 Å². The average Bonchev–Trinajstić information content (AvgIpc) is 2.38. The first kappa shape index (κ1) is 13.9. The summed E-state index contributed by atoms with van der Waals surface area (Å²) in [6.45, 7) is 0. The van der Waals surface area contributed by atoms with Gasteiger partial charge in [-0.1, -0.05) is 12.1 Å². The second kappa shape index (κ2) is 5.92. The van der Waals surface area contributed by atoms with Crippen LogP contribution in [-0.4, -0.2) is 28.4 Å². The number of rotatable bonds is 5. The number of hydrogen-bond acceptors (Lipinski definition) is 6. The molecule has 0 fully saturated rings. The summed E-state index contributed by atoms with van der Waals surface area (Å²) in [5.41, 5.74) is 7.04. The number of hydrogen-bond donors (Lipinski definition) is 4. The minimum Gasteiger partial charge on any atom is -0.475 e. The van der Waals surface area contributed by atoms with E-state index in [4.69, 9.17) is 21.5 Å². The number of ketones is 1. The Morgan fingerprint density at radius 2 is 2.05 bits per heavy atom. The molecule has 1 aromatic rings. The van der Waals surface area contributed by atoms with Gasteiger partial charge in [0.15, 0.2) is 5.84 Å². The molecule has 1 aromatic carbocycles. The topological polar surface area (TPSA) is 152 Å². The number of nitriles is 1. The minimum absolute atomic E-state index is 0.101. The molecule has 0 aliphatic rings. The molecule has 0 amide bonds. The number of nitrogens with zero attached hydrogens (tertiary/aromatic N) is 2. The molecule has 0 radical (unpaired) electrons. The van der Waals surface area contributed by atoms with Crippen molar-refractivity contribution in [3.05, 3.63) is 29.8 Å². The number of amidine groups is 1. The fourth-order valence-electron chi connectivity index (χ4n) is 1.16. The van der Waals surface area contributed by atoms with Crippen molar-refractivity contribution in [1.29, 1.82) is 10.7 Å². The fraction of sp³-hybridized carbons (Fsp3) is 0. The van der Waals surface area contributed by atoms with Crippen LogP contribution in [0.25, 0.3) is 0 Å². The Kier molecular flexibility index (Phi) is 4.32. The number of hydrazone groups is 1. The van der Waals surface area contributed by atoms with Gasteiger partial charge in [-0.25, -0.2) is 4.79 Å². The van der Waals surface area contributed by atoms with E-state index in [1.54, 1.807) is 12.1 Å². The third-order valence-electron chi connectivity index (χ3n) is 2.02. The monoisotopic (exact) mass is 259 g/mol. The van der Waals surface area contributed by atoms with Gasteiger partial charge in [-0.05, 0) is 12.1 Å². The van der Waals surface area contributed by atoms with Gasteiger partial charge < -0.3 is 10.8 Å². The summed E-state index contributed by atoms with van der Waals surface area (Å²) in [5, 5.41) is 27.9. The van der Waals surface area contributed by atoms with Gasteiger partial charge >= 0.3 is 5.97 Å². The molecule has 8 nitrogen and oxygen atoms in total. The lowest BCUT2D eigenvalue weighted by atomic mass is 10.1. The van der Waals surface area contributed by atoms with E-state index in [1.807, 2.05) is 0 Å². The summed E-state index contributed by atoms with van der Waals surface area (Å²) in [4.78, 5) is 22.0. The Morgan fingerprint density at radius 1 is 1.42 bits per heavy atom. The zero-order chi connectivity index (χ0) is 14.4. The van der Waals surface area contributed by atoms with E-state index >= 15 is 0 Å². The molecule has 0 saturated carbocycles. The van der Waals surface area contributed by atoms with Gasteiger partial charge in [-0.15, -0.1) is 0 Å². The highest BCUT2D eigenvalue weighted by Crippen LogP contribution is 2.15. The molecular formula is C11H9N5O3. The number of benzene rings is 1. The molecule has 0 unspecified atom stereocenters. The number of anilines is 1. The maximum Gasteiger partial charge on any atom is 0.377 e. The van der Waals surface area contributed by atoms with E-state index in [0.717, 1.165) is 0 Å². The zero-order valence-corrected chi connectivity index (χ0v) is 9.54. The number of carboxylic acid groups (broad SMARTS) is 1. The molecule has 0 atom stereocenters. The molecule has 0 aliphatic carbocycles. The Labute approximate surface area is 107 Å². The molecule has 0 bridgehead atoms. The Balaban J connectivity index is 3.10. The highest BCUT2D eigenvalue weighted by Gasteiger charge is 2.18. The van der Waals surface area contributed by atoms with Gasteiger partial charge in [0.25, 0.3) is 5.78 Å². The van der Waals surface area contributed by atoms with Gasteiger partial charge in [-0.2, -0.15) is 10.4 Å². The van der Waals surface area contributed by atoms with Crippen LogP contribution in [-0.2, 0) is 4.79 Å². The molecule has 19 heavy (non-hydrogen) atoms. The lowest BCUT2D eigenvalue weighted by Gasteiger charge is -2.05. The summed E-state index contributed by atoms with van der Waals surface area (Å²) in [6.07, 6.45) is 0. The van der Waals surface area contributed by atoms with Gasteiger partial charge in [0.2, 0.25) is 5.71 Å². The highest BCUT2D eigenvalue weighted by atomic mass is 16.4. The van der Waals surface area contributed by atoms with Crippen molar-refractivity contribution >= 4 is 29.0 Å². The highest BCUT2D eigenvalue weighted by molar-refractivity contribution is 6.46. The first-order chi connectivity index (χ1) is 8.97. The van der Waals surface area contributed by atoms with Crippen LogP contribution in [0.5, 0.6) is 0 Å². The summed E-state index contributed by atoms with van der Waals surface area (Å²) in [7, 11) is 0. The second-order valence-electron chi connectivity index (χ2n) is 3.28. The van der Waals surface area contributed by atoms with Gasteiger partial charge in [-0.3, -0.25) is 15.6 Å². The number of aliphatic carboxylic acids is 1. The van der Waals surface area contributed by atoms with Crippen LogP contribution in [0, 0.1) is 16.7 Å². The van der Waals surface area contributed by atoms with E-state index in [0.29, 0.717) is 0 Å². The number of nitrogens with two attached hydrogens (primary N) is 1. The first-order valence-corrected chi connectivity index (χ1v) is 4.92. The van der Waals surface area contributed by atoms with Crippen molar-refractivity contribution in [2.75, 3.05) is 5.43 Å². The lowest BCUT2D eigenvalue weighted by molar-refractivity contribution is -0.131. The van der Waals surface area contributed by atoms with Gasteiger partial charge in [0, 0.05) is 0 Å². The van der Waals surface area contributed by atoms with E-state index in [-0.39, 0.29) is 17.0 Å². The molecule has 0 heterocycles. The molecule has 0 aliphatic heterocycles. The van der Waals surface area contributed by atoms with Crippen molar-refractivity contribution in [2.24, 2.45) is 10.8 Å². The maximum atomic E-state index is 11.4. The molecule has 96 valence electrons. The van der Waals surface area contributed by atoms with Crippen LogP contribution >= 0.6 is 0 Å². The zero-order valence-electron chi connectivity index (χ0n) is 9.54. The van der Waals surface area contributed by atoms with Crippen molar-refractivity contribution in [3.63, 3.8) is 0 Å². The van der Waals surface area contributed by atoms with Crippen LogP contribution in [0.15, 0.2) is 29.4 Å². The van der Waals surface area contributed by atoms with Crippen molar-refractivity contribution in [2.45, 2.75) is 0 Å². The third-order valence-corrected chi connectivity index (χ3v) is 2.02. The normalized spacial score (nSPS) is 10.4. The Hall–Kier alpha value is -3.21. The van der Waals surface area contributed by atoms with Crippen LogP contribution in [0.3, 0.4) is 0 Å². The Bertz CT molecular complexity index is 615. The smallest absolute Gasteiger partial charge is 0.377 e. The van der Waals surface area contributed by atoms with Crippen LogP contribution in [0.1, 0.15) is 10.4 Å². The van der Waals surface area contributed by atoms with Crippen molar-refractivity contribution < 1.29 is 14.7 Å². The van der Waals surface area contributed by atoms with E-state index in [1.165, 1.54) is 18.2 Å². The summed E-state index contributed by atoms with van der Waals surface area (Å²) < 4.78 is 0. The molecule has 0 aromatic heterocycles. The minimum atomic E-state index is -1.61. The Morgan fingerprint density at radius 3 is 2.58 bits per heavy atom. The predicted octanol–water partition coefficient (Wildman–Crippen LogP) is 0.181. The fourth-order valence-corrected chi connectivity index (χ4v) is 1.16. The quantitative estimate of drug-likeness (QED) is 0.194. The number of carbonyl (C=O) groups excluding carboxylic acids is 1. The number of nitrogens with one attached hydrogen (secondary N) is 2. The molecule has 5 N–H and O–H groups in total. The van der Waals surface area contributed by atoms with Crippen molar-refractivity contribution in [3.8, 4) is 6.07 Å². The second-order valence-corrected chi connectivity index (χ2v) is 3.28. The molecule has 1 rings (SSSR count). The van der Waals surface area contributed by atoms with Crippen LogP contribution in [0.2, 0.25) is 0 Å². The maximum absolute atomic E-state index is 11.4. The standard InChI is InChI=1S/C11H9N5O3/c12-5-8(10(13)14)16-15-7-4-2-1-3-6(7)9(17)11(18)19/h1-4,15H,(H3,13,14)(H,18,19)/b16-8+. The van der Waals surface area contributed by atoms with Gasteiger partial charge in [0.1, 0.15) is 6.07 Å².